The lowest BCUT2D eigenvalue weighted by molar-refractivity contribution is -0.130. The zero-order chi connectivity index (χ0) is 18.4. The molecule has 0 aromatic carbocycles. The van der Waals surface area contributed by atoms with Crippen LogP contribution in [0.3, 0.4) is 0 Å². The van der Waals surface area contributed by atoms with E-state index >= 15 is 0 Å². The second kappa shape index (κ2) is 9.69. The molecular weight excluding hydrogens is 368 g/mol. The average molecular weight is 397 g/mol. The fraction of sp³-hybridized carbons (Fsp3) is 0.722. The van der Waals surface area contributed by atoms with Crippen molar-refractivity contribution < 1.29 is 9.53 Å². The lowest BCUT2D eigenvalue weighted by Crippen LogP contribution is -2.30. The number of unbranched alkanes of at least 4 members (excludes halogenated alkanes) is 1. The maximum Gasteiger partial charge on any atom is 0.233 e. The maximum atomic E-state index is 12.4. The van der Waals surface area contributed by atoms with Crippen molar-refractivity contribution in [1.29, 1.82) is 0 Å². The van der Waals surface area contributed by atoms with E-state index in [0.29, 0.717) is 18.8 Å². The SMILES string of the molecule is CN(C)c1ccc(OC2CCN(C(=O)CCCCC3CCSS3)C2)nn1. The van der Waals surface area contributed by atoms with Crippen LogP contribution in [0, 0.1) is 0 Å². The van der Waals surface area contributed by atoms with Crippen LogP contribution in [0.4, 0.5) is 5.82 Å². The van der Waals surface area contributed by atoms with Gasteiger partial charge < -0.3 is 14.5 Å². The van der Waals surface area contributed by atoms with Gasteiger partial charge >= 0.3 is 0 Å². The first kappa shape index (κ1) is 19.6. The molecule has 2 aliphatic heterocycles. The van der Waals surface area contributed by atoms with Gasteiger partial charge in [-0.3, -0.25) is 4.79 Å². The molecule has 0 aliphatic carbocycles. The Kier molecular flexibility index (Phi) is 7.31. The van der Waals surface area contributed by atoms with E-state index in [9.17, 15) is 4.79 Å². The molecule has 2 atom stereocenters. The molecule has 26 heavy (non-hydrogen) atoms. The number of hydrogen-bond donors (Lipinski definition) is 0. The number of rotatable bonds is 8. The smallest absolute Gasteiger partial charge is 0.233 e. The van der Waals surface area contributed by atoms with Gasteiger partial charge in [0.15, 0.2) is 5.82 Å². The van der Waals surface area contributed by atoms with E-state index in [-0.39, 0.29) is 12.0 Å². The van der Waals surface area contributed by atoms with Crippen LogP contribution >= 0.6 is 21.6 Å². The zero-order valence-corrected chi connectivity index (χ0v) is 17.2. The van der Waals surface area contributed by atoms with Crippen LogP contribution in [0.2, 0.25) is 0 Å². The molecule has 2 saturated heterocycles. The second-order valence-electron chi connectivity index (χ2n) is 7.07. The number of carbonyl (C=O) groups is 1. The highest BCUT2D eigenvalue weighted by Crippen LogP contribution is 2.39. The highest BCUT2D eigenvalue weighted by molar-refractivity contribution is 8.77. The molecule has 1 aromatic heterocycles. The number of anilines is 1. The highest BCUT2D eigenvalue weighted by Gasteiger charge is 2.27. The molecule has 6 nitrogen and oxygen atoms in total. The molecule has 2 aliphatic rings. The Morgan fingerprint density at radius 1 is 1.31 bits per heavy atom. The van der Waals surface area contributed by atoms with Crippen LogP contribution in [0.5, 0.6) is 5.88 Å². The normalized spacial score (nSPS) is 22.6. The summed E-state index contributed by atoms with van der Waals surface area (Å²) in [6.45, 7) is 1.44. The van der Waals surface area contributed by atoms with Gasteiger partial charge in [0.05, 0.1) is 6.54 Å². The van der Waals surface area contributed by atoms with E-state index < -0.39 is 0 Å². The molecule has 1 amide bonds. The lowest BCUT2D eigenvalue weighted by Gasteiger charge is -2.17. The third-order valence-corrected chi connectivity index (χ3v) is 7.77. The first-order chi connectivity index (χ1) is 12.6. The summed E-state index contributed by atoms with van der Waals surface area (Å²) in [5, 5.41) is 9.04. The minimum atomic E-state index is 0.0189. The summed E-state index contributed by atoms with van der Waals surface area (Å²) in [6, 6.07) is 3.73. The largest absolute Gasteiger partial charge is 0.471 e. The van der Waals surface area contributed by atoms with E-state index in [1.54, 1.807) is 0 Å². The molecular formula is C18H28N4O2S2. The summed E-state index contributed by atoms with van der Waals surface area (Å²) < 4.78 is 5.89. The van der Waals surface area contributed by atoms with E-state index in [1.807, 2.05) is 57.6 Å². The molecule has 3 rings (SSSR count). The van der Waals surface area contributed by atoms with Crippen LogP contribution in [-0.4, -0.2) is 65.3 Å². The van der Waals surface area contributed by atoms with E-state index in [2.05, 4.69) is 10.2 Å². The van der Waals surface area contributed by atoms with E-state index in [0.717, 1.165) is 36.9 Å². The number of carbonyl (C=O) groups excluding carboxylic acids is 1. The Labute approximate surface area is 163 Å². The van der Waals surface area contributed by atoms with Gasteiger partial charge in [-0.05, 0) is 25.3 Å². The van der Waals surface area contributed by atoms with E-state index in [4.69, 9.17) is 4.74 Å². The molecule has 3 heterocycles. The molecule has 0 N–H and O–H groups in total. The summed E-state index contributed by atoms with van der Waals surface area (Å²) >= 11 is 0. The van der Waals surface area contributed by atoms with Crippen LogP contribution in [0.25, 0.3) is 0 Å². The van der Waals surface area contributed by atoms with Crippen molar-refractivity contribution in [1.82, 2.24) is 15.1 Å². The zero-order valence-electron chi connectivity index (χ0n) is 15.6. The molecule has 0 saturated carbocycles. The van der Waals surface area contributed by atoms with Crippen LogP contribution < -0.4 is 9.64 Å². The van der Waals surface area contributed by atoms with Crippen LogP contribution in [-0.2, 0) is 4.79 Å². The Bertz CT molecular complexity index is 579. The van der Waals surface area contributed by atoms with Crippen molar-refractivity contribution in [3.8, 4) is 5.88 Å². The molecule has 8 heteroatoms. The number of nitrogens with zero attached hydrogens (tertiary/aromatic N) is 4. The van der Waals surface area contributed by atoms with Gasteiger partial charge in [0.25, 0.3) is 0 Å². The third-order valence-electron chi connectivity index (χ3n) is 4.76. The summed E-state index contributed by atoms with van der Waals surface area (Å²) in [6.07, 6.45) is 6.27. The third kappa shape index (κ3) is 5.67. The fourth-order valence-electron chi connectivity index (χ4n) is 3.21. The fourth-order valence-corrected chi connectivity index (χ4v) is 6.23. The maximum absolute atomic E-state index is 12.4. The molecule has 0 bridgehead atoms. The molecule has 0 radical (unpaired) electrons. The number of amides is 1. The molecule has 0 spiro atoms. The van der Waals surface area contributed by atoms with Crippen molar-refractivity contribution in [3.05, 3.63) is 12.1 Å². The van der Waals surface area contributed by atoms with Gasteiger partial charge in [-0.25, -0.2) is 0 Å². The Morgan fingerprint density at radius 3 is 2.88 bits per heavy atom. The van der Waals surface area contributed by atoms with E-state index in [1.165, 1.54) is 18.6 Å². The summed E-state index contributed by atoms with van der Waals surface area (Å²) in [4.78, 5) is 16.2. The standard InChI is InChI=1S/C18H28N4O2S2/c1-21(2)16-7-8-17(20-19-16)24-14-9-11-22(13-14)18(23)6-4-3-5-15-10-12-25-26-15/h7-8,14-15H,3-6,9-13H2,1-2H3. The topological polar surface area (TPSA) is 58.6 Å². The quantitative estimate of drug-likeness (QED) is 0.494. The Balaban J connectivity index is 1.35. The monoisotopic (exact) mass is 396 g/mol. The predicted octanol–water partition coefficient (Wildman–Crippen LogP) is 3.24. The first-order valence-corrected chi connectivity index (χ1v) is 11.7. The molecule has 1 aromatic rings. The number of ether oxygens (including phenoxy) is 1. The Hall–Kier alpha value is -1.15. The summed E-state index contributed by atoms with van der Waals surface area (Å²) in [5.74, 6) is 2.88. The lowest BCUT2D eigenvalue weighted by atomic mass is 10.1. The first-order valence-electron chi connectivity index (χ1n) is 9.35. The van der Waals surface area contributed by atoms with Gasteiger partial charge in [0.1, 0.15) is 6.10 Å². The number of hydrogen-bond acceptors (Lipinski definition) is 7. The molecule has 144 valence electrons. The van der Waals surface area contributed by atoms with Crippen molar-refractivity contribution in [2.75, 3.05) is 37.8 Å². The van der Waals surface area contributed by atoms with Crippen molar-refractivity contribution >= 4 is 33.3 Å². The summed E-state index contributed by atoms with van der Waals surface area (Å²) in [5.41, 5.74) is 0. The van der Waals surface area contributed by atoms with Crippen LogP contribution in [0.15, 0.2) is 12.1 Å². The Morgan fingerprint density at radius 2 is 2.19 bits per heavy atom. The van der Waals surface area contributed by atoms with Gasteiger partial charge in [-0.2, -0.15) is 0 Å². The minimum Gasteiger partial charge on any atom is -0.471 e. The van der Waals surface area contributed by atoms with Gasteiger partial charge in [-0.1, -0.05) is 28.0 Å². The average Bonchev–Trinajstić information content (AvgIpc) is 3.31. The number of likely N-dealkylation sites (tertiary alicyclic amines) is 1. The second-order valence-corrected chi connectivity index (χ2v) is 9.85. The summed E-state index contributed by atoms with van der Waals surface area (Å²) in [7, 11) is 7.86. The van der Waals surface area contributed by atoms with Gasteiger partial charge in [-0.15, -0.1) is 10.2 Å². The van der Waals surface area contributed by atoms with Crippen molar-refractivity contribution in [2.24, 2.45) is 0 Å². The minimum absolute atomic E-state index is 0.0189. The number of aromatic nitrogens is 2. The molecule has 2 unspecified atom stereocenters. The van der Waals surface area contributed by atoms with Crippen molar-refractivity contribution in [3.63, 3.8) is 0 Å². The molecule has 2 fully saturated rings. The van der Waals surface area contributed by atoms with Crippen molar-refractivity contribution in [2.45, 2.75) is 49.9 Å². The van der Waals surface area contributed by atoms with Gasteiger partial charge in [0, 0.05) is 50.6 Å². The van der Waals surface area contributed by atoms with Crippen LogP contribution in [0.1, 0.15) is 38.5 Å². The van der Waals surface area contributed by atoms with Gasteiger partial charge in [0.2, 0.25) is 11.8 Å². The predicted molar refractivity (Wildman–Crippen MR) is 109 cm³/mol. The highest BCUT2D eigenvalue weighted by atomic mass is 33.1.